The number of hydrogen-bond acceptors (Lipinski definition) is 1. The molecule has 0 spiro atoms. The summed E-state index contributed by atoms with van der Waals surface area (Å²) in [5.74, 6) is 1.73. The maximum absolute atomic E-state index is 12.7. The summed E-state index contributed by atoms with van der Waals surface area (Å²) in [5.41, 5.74) is 0.459. The molecule has 1 saturated carbocycles. The average Bonchev–Trinajstić information content (AvgIpc) is 2.91. The fourth-order valence-corrected chi connectivity index (χ4v) is 2.93. The SMILES string of the molecule is CC1CCCC1c1nc2ccc(C(F)(F)F)cc2[nH]1. The Hall–Kier alpha value is -1.52. The van der Waals surface area contributed by atoms with Gasteiger partial charge < -0.3 is 4.98 Å². The Bertz CT molecular complexity index is 600. The molecule has 1 aromatic carbocycles. The number of halogens is 3. The van der Waals surface area contributed by atoms with Crippen molar-refractivity contribution in [1.82, 2.24) is 9.97 Å². The lowest BCUT2D eigenvalue weighted by molar-refractivity contribution is -0.137. The molecule has 2 unspecified atom stereocenters. The monoisotopic (exact) mass is 268 g/mol. The summed E-state index contributed by atoms with van der Waals surface area (Å²) in [6, 6.07) is 3.67. The lowest BCUT2D eigenvalue weighted by atomic mass is 9.98. The largest absolute Gasteiger partial charge is 0.416 e. The zero-order valence-corrected chi connectivity index (χ0v) is 10.6. The van der Waals surface area contributed by atoms with Crippen LogP contribution in [0.1, 0.15) is 43.5 Å². The summed E-state index contributed by atoms with van der Waals surface area (Å²) >= 11 is 0. The molecular weight excluding hydrogens is 253 g/mol. The van der Waals surface area contributed by atoms with Gasteiger partial charge in [-0.15, -0.1) is 0 Å². The van der Waals surface area contributed by atoms with E-state index in [1.807, 2.05) is 0 Å². The quantitative estimate of drug-likeness (QED) is 0.811. The van der Waals surface area contributed by atoms with E-state index < -0.39 is 11.7 Å². The van der Waals surface area contributed by atoms with E-state index in [2.05, 4.69) is 16.9 Å². The molecule has 1 heterocycles. The third-order valence-corrected chi connectivity index (χ3v) is 4.04. The predicted molar refractivity (Wildman–Crippen MR) is 66.9 cm³/mol. The van der Waals surface area contributed by atoms with Crippen LogP contribution in [-0.2, 0) is 6.18 Å². The molecule has 2 nitrogen and oxygen atoms in total. The first-order valence-electron chi connectivity index (χ1n) is 6.52. The van der Waals surface area contributed by atoms with Crippen molar-refractivity contribution in [3.8, 4) is 0 Å². The number of fused-ring (bicyclic) bond motifs is 1. The second-order valence-electron chi connectivity index (χ2n) is 5.37. The van der Waals surface area contributed by atoms with E-state index in [1.54, 1.807) is 0 Å². The fourth-order valence-electron chi connectivity index (χ4n) is 2.93. The minimum Gasteiger partial charge on any atom is -0.342 e. The van der Waals surface area contributed by atoms with Crippen LogP contribution in [-0.4, -0.2) is 9.97 Å². The van der Waals surface area contributed by atoms with Gasteiger partial charge in [0.15, 0.2) is 0 Å². The molecule has 0 aliphatic heterocycles. The molecule has 0 amide bonds. The first kappa shape index (κ1) is 12.5. The molecule has 1 aliphatic carbocycles. The van der Waals surface area contributed by atoms with Crippen LogP contribution < -0.4 is 0 Å². The van der Waals surface area contributed by atoms with Gasteiger partial charge >= 0.3 is 6.18 Å². The molecule has 0 bridgehead atoms. The Balaban J connectivity index is 2.01. The normalized spacial score (nSPS) is 24.2. The van der Waals surface area contributed by atoms with Crippen LogP contribution in [0.5, 0.6) is 0 Å². The maximum atomic E-state index is 12.7. The Morgan fingerprint density at radius 3 is 2.68 bits per heavy atom. The number of hydrogen-bond donors (Lipinski definition) is 1. The molecule has 0 radical (unpaired) electrons. The Kier molecular flexibility index (Phi) is 2.80. The molecule has 1 aliphatic rings. The van der Waals surface area contributed by atoms with Crippen molar-refractivity contribution < 1.29 is 13.2 Å². The summed E-state index contributed by atoms with van der Waals surface area (Å²) in [5, 5.41) is 0. The zero-order chi connectivity index (χ0) is 13.6. The van der Waals surface area contributed by atoms with E-state index in [-0.39, 0.29) is 0 Å². The number of aromatic nitrogens is 2. The van der Waals surface area contributed by atoms with Crippen LogP contribution in [0.25, 0.3) is 11.0 Å². The van der Waals surface area contributed by atoms with Crippen LogP contribution in [0.15, 0.2) is 18.2 Å². The first-order valence-corrected chi connectivity index (χ1v) is 6.52. The van der Waals surface area contributed by atoms with Crippen molar-refractivity contribution in [1.29, 1.82) is 0 Å². The molecule has 1 N–H and O–H groups in total. The van der Waals surface area contributed by atoms with Gasteiger partial charge in [0.25, 0.3) is 0 Å². The molecule has 2 atom stereocenters. The van der Waals surface area contributed by atoms with Gasteiger partial charge in [0, 0.05) is 5.92 Å². The summed E-state index contributed by atoms with van der Waals surface area (Å²) in [6.07, 6.45) is -0.917. The second-order valence-corrected chi connectivity index (χ2v) is 5.37. The van der Waals surface area contributed by atoms with Crippen LogP contribution >= 0.6 is 0 Å². The number of nitrogens with one attached hydrogen (secondary N) is 1. The molecule has 5 heteroatoms. The van der Waals surface area contributed by atoms with Gasteiger partial charge in [-0.1, -0.05) is 13.3 Å². The van der Waals surface area contributed by atoms with Gasteiger partial charge in [-0.2, -0.15) is 13.2 Å². The lowest BCUT2D eigenvalue weighted by Crippen LogP contribution is -2.04. The van der Waals surface area contributed by atoms with Crippen molar-refractivity contribution in [3.63, 3.8) is 0 Å². The van der Waals surface area contributed by atoms with E-state index in [9.17, 15) is 13.2 Å². The van der Waals surface area contributed by atoms with Crippen molar-refractivity contribution >= 4 is 11.0 Å². The third-order valence-electron chi connectivity index (χ3n) is 4.04. The Morgan fingerprint density at radius 2 is 2.05 bits per heavy atom. The lowest BCUT2D eigenvalue weighted by Gasteiger charge is -2.11. The maximum Gasteiger partial charge on any atom is 0.416 e. The Labute approximate surface area is 109 Å². The number of nitrogens with zero attached hydrogens (tertiary/aromatic N) is 1. The molecule has 3 rings (SSSR count). The average molecular weight is 268 g/mol. The summed E-state index contributed by atoms with van der Waals surface area (Å²) in [4.78, 5) is 7.51. The second kappa shape index (κ2) is 4.25. The third kappa shape index (κ3) is 2.22. The van der Waals surface area contributed by atoms with Crippen LogP contribution in [0, 0.1) is 5.92 Å². The van der Waals surface area contributed by atoms with Crippen molar-refractivity contribution in [2.45, 2.75) is 38.3 Å². The highest BCUT2D eigenvalue weighted by Crippen LogP contribution is 2.39. The van der Waals surface area contributed by atoms with Crippen LogP contribution in [0.2, 0.25) is 0 Å². The van der Waals surface area contributed by atoms with Gasteiger partial charge in [-0.25, -0.2) is 4.98 Å². The van der Waals surface area contributed by atoms with E-state index in [1.165, 1.54) is 6.07 Å². The summed E-state index contributed by atoms with van der Waals surface area (Å²) in [6.45, 7) is 2.17. The molecule has 19 heavy (non-hydrogen) atoms. The summed E-state index contributed by atoms with van der Waals surface area (Å²) in [7, 11) is 0. The summed E-state index contributed by atoms with van der Waals surface area (Å²) < 4.78 is 38.0. The predicted octanol–water partition coefficient (Wildman–Crippen LogP) is 4.49. The molecule has 0 saturated heterocycles. The van der Waals surface area contributed by atoms with Gasteiger partial charge in [-0.3, -0.25) is 0 Å². The number of benzene rings is 1. The molecule has 102 valence electrons. The van der Waals surface area contributed by atoms with Gasteiger partial charge in [-0.05, 0) is 37.0 Å². The zero-order valence-electron chi connectivity index (χ0n) is 10.6. The van der Waals surface area contributed by atoms with Gasteiger partial charge in [0.1, 0.15) is 5.82 Å². The smallest absolute Gasteiger partial charge is 0.342 e. The number of H-pyrrole nitrogens is 1. The van der Waals surface area contributed by atoms with Crippen LogP contribution in [0.4, 0.5) is 13.2 Å². The molecule has 1 fully saturated rings. The fraction of sp³-hybridized carbons (Fsp3) is 0.500. The van der Waals surface area contributed by atoms with E-state index in [0.717, 1.165) is 37.2 Å². The minimum atomic E-state index is -4.31. The highest BCUT2D eigenvalue weighted by Gasteiger charge is 2.31. The standard InChI is InChI=1S/C14H15F3N2/c1-8-3-2-4-10(8)13-18-11-6-5-9(14(15,16)17)7-12(11)19-13/h5-8,10H,2-4H2,1H3,(H,18,19). The topological polar surface area (TPSA) is 28.7 Å². The van der Waals surface area contributed by atoms with E-state index >= 15 is 0 Å². The number of aromatic amines is 1. The number of alkyl halides is 3. The highest BCUT2D eigenvalue weighted by atomic mass is 19.4. The van der Waals surface area contributed by atoms with Crippen molar-refractivity contribution in [3.05, 3.63) is 29.6 Å². The van der Waals surface area contributed by atoms with Crippen molar-refractivity contribution in [2.24, 2.45) is 5.92 Å². The highest BCUT2D eigenvalue weighted by molar-refractivity contribution is 5.76. The van der Waals surface area contributed by atoms with E-state index in [0.29, 0.717) is 22.9 Å². The molecule has 1 aromatic heterocycles. The van der Waals surface area contributed by atoms with Crippen LogP contribution in [0.3, 0.4) is 0 Å². The van der Waals surface area contributed by atoms with Gasteiger partial charge in [0.05, 0.1) is 16.6 Å². The van der Waals surface area contributed by atoms with Gasteiger partial charge in [0.2, 0.25) is 0 Å². The van der Waals surface area contributed by atoms with Crippen molar-refractivity contribution in [2.75, 3.05) is 0 Å². The first-order chi connectivity index (χ1) is 8.95. The number of rotatable bonds is 1. The minimum absolute atomic E-state index is 0.349. The molecular formula is C14H15F3N2. The Morgan fingerprint density at radius 1 is 1.26 bits per heavy atom. The van der Waals surface area contributed by atoms with E-state index in [4.69, 9.17) is 0 Å². The molecule has 2 aromatic rings. The number of imidazole rings is 1.